The van der Waals surface area contributed by atoms with Crippen LogP contribution in [0.25, 0.3) is 0 Å². The van der Waals surface area contributed by atoms with Crippen LogP contribution in [0.4, 0.5) is 5.69 Å². The molecule has 0 spiro atoms. The summed E-state index contributed by atoms with van der Waals surface area (Å²) in [4.78, 5) is 14.8. The molecule has 2 N–H and O–H groups in total. The van der Waals surface area contributed by atoms with Crippen molar-refractivity contribution in [3.8, 4) is 0 Å². The number of fused-ring (bicyclic) bond motifs is 1. The fourth-order valence-electron chi connectivity index (χ4n) is 3.86. The van der Waals surface area contributed by atoms with Crippen LogP contribution in [0.1, 0.15) is 64.5 Å². The molecule has 0 saturated carbocycles. The Balaban J connectivity index is 2.16. The molecule has 0 aromatic heterocycles. The summed E-state index contributed by atoms with van der Waals surface area (Å²) >= 11 is 0. The summed E-state index contributed by atoms with van der Waals surface area (Å²) < 4.78 is 0. The van der Waals surface area contributed by atoms with Crippen molar-refractivity contribution in [2.24, 2.45) is 17.6 Å². The van der Waals surface area contributed by atoms with Gasteiger partial charge in [0.05, 0.1) is 0 Å². The second kappa shape index (κ2) is 8.66. The van der Waals surface area contributed by atoms with Gasteiger partial charge in [0.25, 0.3) is 0 Å². The fourth-order valence-corrected chi connectivity index (χ4v) is 3.86. The summed E-state index contributed by atoms with van der Waals surface area (Å²) in [5.74, 6) is 1.08. The molecule has 1 amide bonds. The summed E-state index contributed by atoms with van der Waals surface area (Å²) in [5, 5.41) is 0. The van der Waals surface area contributed by atoms with Crippen LogP contribution in [-0.4, -0.2) is 18.5 Å². The van der Waals surface area contributed by atoms with Crippen molar-refractivity contribution in [3.05, 3.63) is 29.3 Å². The van der Waals surface area contributed by atoms with Gasteiger partial charge in [0, 0.05) is 24.2 Å². The molecule has 134 valence electrons. The first-order valence-electron chi connectivity index (χ1n) is 9.64. The highest BCUT2D eigenvalue weighted by Gasteiger charge is 2.27. The van der Waals surface area contributed by atoms with Gasteiger partial charge < -0.3 is 10.6 Å². The van der Waals surface area contributed by atoms with E-state index in [9.17, 15) is 4.79 Å². The quantitative estimate of drug-likeness (QED) is 0.809. The van der Waals surface area contributed by atoms with E-state index in [2.05, 4.69) is 45.9 Å². The number of carbonyl (C=O) groups is 1. The second-order valence-corrected chi connectivity index (χ2v) is 7.66. The molecular formula is C21H34N2O. The van der Waals surface area contributed by atoms with Gasteiger partial charge in [-0.1, -0.05) is 39.8 Å². The predicted molar refractivity (Wildman–Crippen MR) is 102 cm³/mol. The number of amides is 1. The molecule has 1 aromatic carbocycles. The SMILES string of the molecule is CCC(CC)C(=O)N1CCCc2cc(CC(N)CC(C)C)ccc21. The van der Waals surface area contributed by atoms with Gasteiger partial charge in [0.15, 0.2) is 0 Å². The van der Waals surface area contributed by atoms with E-state index >= 15 is 0 Å². The first-order valence-corrected chi connectivity index (χ1v) is 9.64. The van der Waals surface area contributed by atoms with Gasteiger partial charge in [0.1, 0.15) is 0 Å². The summed E-state index contributed by atoms with van der Waals surface area (Å²) in [7, 11) is 0. The lowest BCUT2D eigenvalue weighted by atomic mass is 9.93. The summed E-state index contributed by atoms with van der Waals surface area (Å²) in [5.41, 5.74) is 10.0. The minimum atomic E-state index is 0.148. The normalized spacial score (nSPS) is 15.7. The molecule has 0 aliphatic carbocycles. The highest BCUT2D eigenvalue weighted by atomic mass is 16.2. The van der Waals surface area contributed by atoms with Crippen molar-refractivity contribution in [1.29, 1.82) is 0 Å². The number of anilines is 1. The molecule has 0 saturated heterocycles. The third kappa shape index (κ3) is 4.60. The van der Waals surface area contributed by atoms with Crippen molar-refractivity contribution < 1.29 is 4.79 Å². The van der Waals surface area contributed by atoms with Crippen LogP contribution in [-0.2, 0) is 17.6 Å². The van der Waals surface area contributed by atoms with E-state index < -0.39 is 0 Å². The molecule has 3 heteroatoms. The van der Waals surface area contributed by atoms with Crippen LogP contribution in [0, 0.1) is 11.8 Å². The molecule has 0 bridgehead atoms. The molecule has 1 aliphatic rings. The molecule has 1 heterocycles. The molecule has 1 aromatic rings. The van der Waals surface area contributed by atoms with E-state index in [4.69, 9.17) is 5.73 Å². The summed E-state index contributed by atoms with van der Waals surface area (Å²) in [6, 6.07) is 6.81. The first kappa shape index (κ1) is 19.0. The average Bonchev–Trinajstić information content (AvgIpc) is 2.54. The van der Waals surface area contributed by atoms with Gasteiger partial charge >= 0.3 is 0 Å². The number of benzene rings is 1. The predicted octanol–water partition coefficient (Wildman–Crippen LogP) is 4.32. The third-order valence-corrected chi connectivity index (χ3v) is 5.14. The van der Waals surface area contributed by atoms with Crippen LogP contribution >= 0.6 is 0 Å². The van der Waals surface area contributed by atoms with Crippen molar-refractivity contribution in [2.45, 2.75) is 72.3 Å². The first-order chi connectivity index (χ1) is 11.5. The molecule has 0 fully saturated rings. The van der Waals surface area contributed by atoms with Crippen LogP contribution in [0.2, 0.25) is 0 Å². The number of aryl methyl sites for hydroxylation is 1. The van der Waals surface area contributed by atoms with Crippen LogP contribution < -0.4 is 10.6 Å². The number of rotatable bonds is 7. The van der Waals surface area contributed by atoms with Gasteiger partial charge in [0.2, 0.25) is 5.91 Å². The molecule has 2 rings (SSSR count). The lowest BCUT2D eigenvalue weighted by Gasteiger charge is -2.32. The Labute approximate surface area is 147 Å². The van der Waals surface area contributed by atoms with Crippen molar-refractivity contribution in [1.82, 2.24) is 0 Å². The highest BCUT2D eigenvalue weighted by molar-refractivity contribution is 5.96. The second-order valence-electron chi connectivity index (χ2n) is 7.66. The number of carbonyl (C=O) groups excluding carboxylic acids is 1. The molecule has 1 unspecified atom stereocenters. The standard InChI is InChI=1S/C21H34N2O/c1-5-17(6-2)21(24)23-11-7-8-18-13-16(9-10-20(18)23)14-19(22)12-15(3)4/h9-10,13,15,17,19H,5-8,11-12,14,22H2,1-4H3. The lowest BCUT2D eigenvalue weighted by molar-refractivity contribution is -0.122. The van der Waals surface area contributed by atoms with Crippen LogP contribution in [0.5, 0.6) is 0 Å². The molecule has 1 aliphatic heterocycles. The van der Waals surface area contributed by atoms with Crippen LogP contribution in [0.3, 0.4) is 0 Å². The van der Waals surface area contributed by atoms with E-state index in [1.807, 2.05) is 4.90 Å². The Morgan fingerprint density at radius 2 is 1.96 bits per heavy atom. The Bertz CT molecular complexity index is 549. The zero-order valence-electron chi connectivity index (χ0n) is 15.8. The molecular weight excluding hydrogens is 296 g/mol. The average molecular weight is 331 g/mol. The van der Waals surface area contributed by atoms with Gasteiger partial charge in [-0.25, -0.2) is 0 Å². The van der Waals surface area contributed by atoms with Crippen molar-refractivity contribution in [3.63, 3.8) is 0 Å². The van der Waals surface area contributed by atoms with Gasteiger partial charge in [-0.2, -0.15) is 0 Å². The Hall–Kier alpha value is -1.35. The number of nitrogens with zero attached hydrogens (tertiary/aromatic N) is 1. The smallest absolute Gasteiger partial charge is 0.230 e. The fraction of sp³-hybridized carbons (Fsp3) is 0.667. The van der Waals surface area contributed by atoms with Gasteiger partial charge in [-0.15, -0.1) is 0 Å². The van der Waals surface area contributed by atoms with Crippen molar-refractivity contribution >= 4 is 11.6 Å². The highest BCUT2D eigenvalue weighted by Crippen LogP contribution is 2.30. The summed E-state index contributed by atoms with van der Waals surface area (Å²) in [6.07, 6.45) is 5.94. The topological polar surface area (TPSA) is 46.3 Å². The minimum Gasteiger partial charge on any atom is -0.327 e. The third-order valence-electron chi connectivity index (χ3n) is 5.14. The number of nitrogens with two attached hydrogens (primary N) is 1. The van der Waals surface area contributed by atoms with E-state index in [0.717, 1.165) is 50.8 Å². The maximum atomic E-state index is 12.8. The molecule has 3 nitrogen and oxygen atoms in total. The van der Waals surface area contributed by atoms with Crippen molar-refractivity contribution in [2.75, 3.05) is 11.4 Å². The maximum absolute atomic E-state index is 12.8. The monoisotopic (exact) mass is 330 g/mol. The lowest BCUT2D eigenvalue weighted by Crippen LogP contribution is -2.39. The largest absolute Gasteiger partial charge is 0.327 e. The van der Waals surface area contributed by atoms with E-state index in [0.29, 0.717) is 11.8 Å². The zero-order valence-corrected chi connectivity index (χ0v) is 15.8. The van der Waals surface area contributed by atoms with Gasteiger partial charge in [-0.3, -0.25) is 4.79 Å². The maximum Gasteiger partial charge on any atom is 0.230 e. The summed E-state index contributed by atoms with van der Waals surface area (Å²) in [6.45, 7) is 9.50. The molecule has 1 atom stereocenters. The Morgan fingerprint density at radius 1 is 1.25 bits per heavy atom. The molecule has 0 radical (unpaired) electrons. The van der Waals surface area contributed by atoms with E-state index in [1.54, 1.807) is 0 Å². The minimum absolute atomic E-state index is 0.148. The Kier molecular flexibility index (Phi) is 6.85. The number of hydrogen-bond donors (Lipinski definition) is 1. The Morgan fingerprint density at radius 3 is 2.58 bits per heavy atom. The van der Waals surface area contributed by atoms with Gasteiger partial charge in [-0.05, 0) is 61.6 Å². The van der Waals surface area contributed by atoms with Crippen LogP contribution in [0.15, 0.2) is 18.2 Å². The van der Waals surface area contributed by atoms with E-state index in [-0.39, 0.29) is 12.0 Å². The molecule has 24 heavy (non-hydrogen) atoms. The zero-order chi connectivity index (χ0) is 17.7. The number of hydrogen-bond acceptors (Lipinski definition) is 2. The van der Waals surface area contributed by atoms with E-state index in [1.165, 1.54) is 11.1 Å².